The van der Waals surface area contributed by atoms with Gasteiger partial charge in [0.25, 0.3) is 0 Å². The van der Waals surface area contributed by atoms with E-state index in [1.165, 1.54) is 18.4 Å². The molecule has 1 aliphatic rings. The minimum Gasteiger partial charge on any atom is -0.496 e. The monoisotopic (exact) mass is 275 g/mol. The summed E-state index contributed by atoms with van der Waals surface area (Å²) in [7, 11) is 3.41. The summed E-state index contributed by atoms with van der Waals surface area (Å²) in [6.07, 6.45) is 8.08. The Hall–Kier alpha value is -1.32. The zero-order valence-electron chi connectivity index (χ0n) is 12.7. The van der Waals surface area contributed by atoms with Gasteiger partial charge >= 0.3 is 0 Å². The van der Waals surface area contributed by atoms with Crippen molar-refractivity contribution >= 4 is 0 Å². The van der Waals surface area contributed by atoms with Gasteiger partial charge < -0.3 is 14.8 Å². The molecule has 1 N–H and O–H groups in total. The summed E-state index contributed by atoms with van der Waals surface area (Å²) in [4.78, 5) is 0. The highest BCUT2D eigenvalue weighted by atomic mass is 16.5. The zero-order valence-corrected chi connectivity index (χ0v) is 12.7. The molecule has 0 aliphatic heterocycles. The summed E-state index contributed by atoms with van der Waals surface area (Å²) >= 11 is 0. The van der Waals surface area contributed by atoms with Gasteiger partial charge in [0.1, 0.15) is 5.75 Å². The predicted molar refractivity (Wildman–Crippen MR) is 82.0 cm³/mol. The number of ether oxygens (including phenoxy) is 2. The van der Waals surface area contributed by atoms with Gasteiger partial charge in [-0.1, -0.05) is 18.2 Å². The zero-order chi connectivity index (χ0) is 14.4. The molecule has 2 unspecified atom stereocenters. The molecule has 0 fully saturated rings. The molecule has 3 heteroatoms. The minimum atomic E-state index is 0.341. The van der Waals surface area contributed by atoms with Crippen molar-refractivity contribution in [3.63, 3.8) is 0 Å². The molecule has 0 aromatic heterocycles. The molecule has 110 valence electrons. The fourth-order valence-corrected chi connectivity index (χ4v) is 2.73. The lowest BCUT2D eigenvalue weighted by molar-refractivity contribution is 0.181. The van der Waals surface area contributed by atoms with E-state index in [0.29, 0.717) is 18.7 Å². The Balaban J connectivity index is 2.06. The molecule has 0 radical (unpaired) electrons. The number of nitrogens with one attached hydrogen (secondary N) is 1. The Bertz CT molecular complexity index is 456. The van der Waals surface area contributed by atoms with Crippen LogP contribution in [-0.2, 0) is 11.3 Å². The Morgan fingerprint density at radius 1 is 1.30 bits per heavy atom. The van der Waals surface area contributed by atoms with Crippen molar-refractivity contribution in [2.45, 2.75) is 44.9 Å². The van der Waals surface area contributed by atoms with Gasteiger partial charge in [0, 0.05) is 24.8 Å². The molecule has 0 saturated heterocycles. The average Bonchev–Trinajstić information content (AvgIpc) is 2.48. The maximum absolute atomic E-state index is 5.37. The first kappa shape index (κ1) is 15.1. The number of rotatable bonds is 6. The van der Waals surface area contributed by atoms with Crippen LogP contribution in [-0.4, -0.2) is 20.3 Å². The van der Waals surface area contributed by atoms with E-state index in [1.807, 2.05) is 6.07 Å². The highest BCUT2D eigenvalue weighted by Gasteiger charge is 2.15. The first-order valence-corrected chi connectivity index (χ1v) is 7.31. The van der Waals surface area contributed by atoms with Gasteiger partial charge in [-0.3, -0.25) is 0 Å². The van der Waals surface area contributed by atoms with E-state index < -0.39 is 0 Å². The summed E-state index contributed by atoms with van der Waals surface area (Å²) in [6.45, 7) is 2.80. The van der Waals surface area contributed by atoms with Crippen LogP contribution < -0.4 is 10.1 Å². The number of methoxy groups -OCH3 is 2. The van der Waals surface area contributed by atoms with Crippen LogP contribution in [0.1, 0.15) is 43.4 Å². The maximum atomic E-state index is 5.37. The van der Waals surface area contributed by atoms with Crippen LogP contribution in [0, 0.1) is 0 Å². The molecule has 0 spiro atoms. The lowest BCUT2D eigenvalue weighted by Gasteiger charge is -2.25. The largest absolute Gasteiger partial charge is 0.496 e. The first-order valence-electron chi connectivity index (χ1n) is 7.31. The highest BCUT2D eigenvalue weighted by Crippen LogP contribution is 2.25. The maximum Gasteiger partial charge on any atom is 0.124 e. The van der Waals surface area contributed by atoms with Crippen molar-refractivity contribution < 1.29 is 9.47 Å². The van der Waals surface area contributed by atoms with Gasteiger partial charge in [-0.25, -0.2) is 0 Å². The lowest BCUT2D eigenvalue weighted by Crippen LogP contribution is -2.32. The van der Waals surface area contributed by atoms with Crippen LogP contribution in [0.4, 0.5) is 0 Å². The van der Waals surface area contributed by atoms with Crippen LogP contribution >= 0.6 is 0 Å². The van der Waals surface area contributed by atoms with E-state index in [0.717, 1.165) is 17.7 Å². The third-order valence-corrected chi connectivity index (χ3v) is 3.86. The highest BCUT2D eigenvalue weighted by molar-refractivity contribution is 5.38. The van der Waals surface area contributed by atoms with Crippen LogP contribution in [0.3, 0.4) is 0 Å². The van der Waals surface area contributed by atoms with Crippen LogP contribution in [0.15, 0.2) is 30.4 Å². The molecule has 1 aliphatic carbocycles. The van der Waals surface area contributed by atoms with Gasteiger partial charge in [-0.05, 0) is 43.9 Å². The molecule has 0 amide bonds. The summed E-state index contributed by atoms with van der Waals surface area (Å²) in [5.41, 5.74) is 2.39. The Kier molecular flexibility index (Phi) is 5.62. The van der Waals surface area contributed by atoms with Crippen LogP contribution in [0.2, 0.25) is 0 Å². The number of hydrogen-bond acceptors (Lipinski definition) is 3. The second kappa shape index (κ2) is 7.46. The summed E-state index contributed by atoms with van der Waals surface area (Å²) < 4.78 is 10.6. The van der Waals surface area contributed by atoms with Crippen molar-refractivity contribution in [1.29, 1.82) is 0 Å². The number of benzene rings is 1. The topological polar surface area (TPSA) is 30.5 Å². The lowest BCUT2D eigenvalue weighted by atomic mass is 9.98. The Morgan fingerprint density at radius 3 is 2.80 bits per heavy atom. The molecule has 1 aromatic rings. The summed E-state index contributed by atoms with van der Waals surface area (Å²) in [5.74, 6) is 0.892. The van der Waals surface area contributed by atoms with Crippen LogP contribution in [0.25, 0.3) is 0 Å². The standard InChI is InChI=1S/C17H25NO2/c1-13(18-16-7-5-4-6-8-16)14-9-10-17(20-3)15(11-14)12-19-2/h4-5,9-11,13,16,18H,6-8,12H2,1-3H3. The van der Waals surface area contributed by atoms with Gasteiger partial charge in [-0.15, -0.1) is 0 Å². The van der Waals surface area contributed by atoms with E-state index in [1.54, 1.807) is 14.2 Å². The number of hydrogen-bond donors (Lipinski definition) is 1. The van der Waals surface area contributed by atoms with Crippen molar-refractivity contribution in [2.75, 3.05) is 14.2 Å². The fraction of sp³-hybridized carbons (Fsp3) is 0.529. The molecular weight excluding hydrogens is 250 g/mol. The molecule has 2 rings (SSSR count). The fourth-order valence-electron chi connectivity index (χ4n) is 2.73. The molecule has 3 nitrogen and oxygen atoms in total. The SMILES string of the molecule is COCc1cc(C(C)NC2CC=CCC2)ccc1OC. The van der Waals surface area contributed by atoms with Crippen molar-refractivity contribution in [3.8, 4) is 5.75 Å². The van der Waals surface area contributed by atoms with Gasteiger partial charge in [0.15, 0.2) is 0 Å². The Morgan fingerprint density at radius 2 is 2.15 bits per heavy atom. The average molecular weight is 275 g/mol. The summed E-state index contributed by atoms with van der Waals surface area (Å²) in [6, 6.07) is 7.27. The van der Waals surface area contributed by atoms with E-state index in [-0.39, 0.29) is 0 Å². The minimum absolute atomic E-state index is 0.341. The van der Waals surface area contributed by atoms with E-state index >= 15 is 0 Å². The van der Waals surface area contributed by atoms with Crippen LogP contribution in [0.5, 0.6) is 5.75 Å². The van der Waals surface area contributed by atoms with E-state index in [4.69, 9.17) is 9.47 Å². The quantitative estimate of drug-likeness (QED) is 0.805. The van der Waals surface area contributed by atoms with Crippen molar-refractivity contribution in [3.05, 3.63) is 41.5 Å². The van der Waals surface area contributed by atoms with Gasteiger partial charge in [-0.2, -0.15) is 0 Å². The molecule has 20 heavy (non-hydrogen) atoms. The second-order valence-corrected chi connectivity index (χ2v) is 5.37. The first-order chi connectivity index (χ1) is 9.74. The molecule has 0 heterocycles. The molecule has 1 aromatic carbocycles. The number of allylic oxidation sites excluding steroid dienone is 1. The second-order valence-electron chi connectivity index (χ2n) is 5.37. The van der Waals surface area contributed by atoms with E-state index in [9.17, 15) is 0 Å². The molecular formula is C17H25NO2. The normalized spacial score (nSPS) is 19.9. The van der Waals surface area contributed by atoms with Gasteiger partial charge in [0.2, 0.25) is 0 Å². The van der Waals surface area contributed by atoms with E-state index in [2.05, 4.69) is 36.5 Å². The summed E-state index contributed by atoms with van der Waals surface area (Å²) in [5, 5.41) is 3.71. The molecule has 0 saturated carbocycles. The molecule has 2 atom stereocenters. The Labute approximate surface area is 122 Å². The third kappa shape index (κ3) is 3.84. The predicted octanol–water partition coefficient (Wildman–Crippen LogP) is 3.60. The van der Waals surface area contributed by atoms with Crippen molar-refractivity contribution in [2.24, 2.45) is 0 Å². The third-order valence-electron chi connectivity index (χ3n) is 3.86. The molecule has 0 bridgehead atoms. The van der Waals surface area contributed by atoms with Crippen molar-refractivity contribution in [1.82, 2.24) is 5.32 Å². The smallest absolute Gasteiger partial charge is 0.124 e. The van der Waals surface area contributed by atoms with Gasteiger partial charge in [0.05, 0.1) is 13.7 Å².